The van der Waals surface area contributed by atoms with Gasteiger partial charge in [0.25, 0.3) is 0 Å². The molecule has 1 fully saturated rings. The number of thiophene rings is 1. The minimum atomic E-state index is 0.645. The van der Waals surface area contributed by atoms with Gasteiger partial charge in [-0.25, -0.2) is 0 Å². The molecule has 2 heterocycles. The summed E-state index contributed by atoms with van der Waals surface area (Å²) in [5.74, 6) is 0. The predicted molar refractivity (Wildman–Crippen MR) is 66.5 cm³/mol. The van der Waals surface area contributed by atoms with Crippen LogP contribution in [0.5, 0.6) is 0 Å². The highest BCUT2D eigenvalue weighted by Gasteiger charge is 2.22. The minimum absolute atomic E-state index is 0.645. The zero-order valence-corrected chi connectivity index (χ0v) is 10.4. The smallest absolute Gasteiger partial charge is 0.0442 e. The van der Waals surface area contributed by atoms with Gasteiger partial charge in [0.15, 0.2) is 0 Å². The Morgan fingerprint density at radius 2 is 2.20 bits per heavy atom. The average Bonchev–Trinajstić information content (AvgIpc) is 2.68. The molecule has 1 aromatic heterocycles. The van der Waals surface area contributed by atoms with Gasteiger partial charge in [0.2, 0.25) is 0 Å². The number of rotatable bonds is 3. The van der Waals surface area contributed by atoms with E-state index in [1.54, 1.807) is 4.88 Å². The third-order valence-corrected chi connectivity index (χ3v) is 4.30. The molecule has 1 N–H and O–H groups in total. The maximum atomic E-state index is 3.42. The molecule has 0 amide bonds. The number of hydrogen-bond acceptors (Lipinski definition) is 3. The molecule has 0 radical (unpaired) electrons. The van der Waals surface area contributed by atoms with Crippen molar-refractivity contribution in [1.82, 2.24) is 10.2 Å². The van der Waals surface area contributed by atoms with Crippen molar-refractivity contribution in [2.24, 2.45) is 0 Å². The van der Waals surface area contributed by atoms with Crippen LogP contribution in [0.15, 0.2) is 11.4 Å². The SMILES string of the molecule is CC[C@H](c1sccc1C)N1CCNCC1. The predicted octanol–water partition coefficient (Wildman–Crippen LogP) is 2.41. The molecule has 1 saturated heterocycles. The van der Waals surface area contributed by atoms with Gasteiger partial charge in [-0.1, -0.05) is 6.92 Å². The largest absolute Gasteiger partial charge is 0.314 e. The van der Waals surface area contributed by atoms with Crippen LogP contribution < -0.4 is 5.32 Å². The molecule has 1 atom stereocenters. The molecule has 1 aliphatic heterocycles. The second-order valence-electron chi connectivity index (χ2n) is 4.18. The Hall–Kier alpha value is -0.380. The lowest BCUT2D eigenvalue weighted by Gasteiger charge is -2.34. The van der Waals surface area contributed by atoms with Crippen LogP contribution in [0.4, 0.5) is 0 Å². The zero-order valence-electron chi connectivity index (χ0n) is 9.62. The van der Waals surface area contributed by atoms with Crippen LogP contribution in [0.25, 0.3) is 0 Å². The van der Waals surface area contributed by atoms with Gasteiger partial charge in [0, 0.05) is 37.1 Å². The lowest BCUT2D eigenvalue weighted by molar-refractivity contribution is 0.171. The van der Waals surface area contributed by atoms with Crippen LogP contribution >= 0.6 is 11.3 Å². The molecule has 2 rings (SSSR count). The molecule has 1 aromatic rings. The monoisotopic (exact) mass is 224 g/mol. The van der Waals surface area contributed by atoms with Crippen LogP contribution in [0, 0.1) is 6.92 Å². The Balaban J connectivity index is 2.12. The molecular formula is C12H20N2S. The first-order valence-corrected chi connectivity index (χ1v) is 6.69. The van der Waals surface area contributed by atoms with Crippen molar-refractivity contribution < 1.29 is 0 Å². The van der Waals surface area contributed by atoms with E-state index in [0.717, 1.165) is 13.1 Å². The maximum Gasteiger partial charge on any atom is 0.0442 e. The van der Waals surface area contributed by atoms with E-state index in [9.17, 15) is 0 Å². The molecule has 0 aliphatic carbocycles. The quantitative estimate of drug-likeness (QED) is 0.848. The van der Waals surface area contributed by atoms with E-state index in [1.807, 2.05) is 11.3 Å². The van der Waals surface area contributed by atoms with Crippen molar-refractivity contribution in [3.05, 3.63) is 21.9 Å². The Bertz CT molecular complexity index is 302. The van der Waals surface area contributed by atoms with Crippen molar-refractivity contribution in [2.75, 3.05) is 26.2 Å². The third-order valence-electron chi connectivity index (χ3n) is 3.18. The number of hydrogen-bond donors (Lipinski definition) is 1. The van der Waals surface area contributed by atoms with Crippen molar-refractivity contribution in [2.45, 2.75) is 26.3 Å². The topological polar surface area (TPSA) is 15.3 Å². The molecule has 3 heteroatoms. The molecular weight excluding hydrogens is 204 g/mol. The third kappa shape index (κ3) is 2.41. The maximum absolute atomic E-state index is 3.42. The summed E-state index contributed by atoms with van der Waals surface area (Å²) in [6.07, 6.45) is 1.22. The highest BCUT2D eigenvalue weighted by molar-refractivity contribution is 7.10. The average molecular weight is 224 g/mol. The summed E-state index contributed by atoms with van der Waals surface area (Å²) in [4.78, 5) is 4.19. The standard InChI is InChI=1S/C12H20N2S/c1-3-11(12-10(2)4-9-15-12)14-7-5-13-6-8-14/h4,9,11,13H,3,5-8H2,1-2H3/t11-/m1/s1. The van der Waals surface area contributed by atoms with E-state index in [4.69, 9.17) is 0 Å². The van der Waals surface area contributed by atoms with Gasteiger partial charge in [0.1, 0.15) is 0 Å². The van der Waals surface area contributed by atoms with Gasteiger partial charge in [-0.3, -0.25) is 4.90 Å². The van der Waals surface area contributed by atoms with E-state index >= 15 is 0 Å². The van der Waals surface area contributed by atoms with Crippen LogP contribution in [-0.4, -0.2) is 31.1 Å². The van der Waals surface area contributed by atoms with Crippen LogP contribution in [0.2, 0.25) is 0 Å². The van der Waals surface area contributed by atoms with Gasteiger partial charge < -0.3 is 5.32 Å². The van der Waals surface area contributed by atoms with Crippen LogP contribution in [0.1, 0.15) is 29.8 Å². The highest BCUT2D eigenvalue weighted by Crippen LogP contribution is 2.31. The first kappa shape index (κ1) is 11.1. The molecule has 84 valence electrons. The lowest BCUT2D eigenvalue weighted by atomic mass is 10.1. The van der Waals surface area contributed by atoms with E-state index in [0.29, 0.717) is 6.04 Å². The van der Waals surface area contributed by atoms with Gasteiger partial charge >= 0.3 is 0 Å². The lowest BCUT2D eigenvalue weighted by Crippen LogP contribution is -2.44. The number of nitrogens with one attached hydrogen (secondary N) is 1. The fourth-order valence-corrected chi connectivity index (χ4v) is 3.47. The van der Waals surface area contributed by atoms with E-state index in [2.05, 4.69) is 35.5 Å². The number of nitrogens with zero attached hydrogens (tertiary/aromatic N) is 1. The van der Waals surface area contributed by atoms with Crippen molar-refractivity contribution >= 4 is 11.3 Å². The molecule has 0 unspecified atom stereocenters. The van der Waals surface area contributed by atoms with Crippen molar-refractivity contribution in [1.29, 1.82) is 0 Å². The number of piperazine rings is 1. The van der Waals surface area contributed by atoms with Crippen molar-refractivity contribution in [3.63, 3.8) is 0 Å². The summed E-state index contributed by atoms with van der Waals surface area (Å²) in [6, 6.07) is 2.89. The summed E-state index contributed by atoms with van der Waals surface area (Å²) < 4.78 is 0. The van der Waals surface area contributed by atoms with Crippen molar-refractivity contribution in [3.8, 4) is 0 Å². The second-order valence-corrected chi connectivity index (χ2v) is 5.13. The highest BCUT2D eigenvalue weighted by atomic mass is 32.1. The molecule has 0 spiro atoms. The van der Waals surface area contributed by atoms with E-state index in [-0.39, 0.29) is 0 Å². The fourth-order valence-electron chi connectivity index (χ4n) is 2.33. The zero-order chi connectivity index (χ0) is 10.7. The van der Waals surface area contributed by atoms with Crippen LogP contribution in [-0.2, 0) is 0 Å². The van der Waals surface area contributed by atoms with Gasteiger partial charge in [-0.05, 0) is 30.4 Å². The van der Waals surface area contributed by atoms with Gasteiger partial charge in [-0.15, -0.1) is 11.3 Å². The summed E-state index contributed by atoms with van der Waals surface area (Å²) >= 11 is 1.91. The minimum Gasteiger partial charge on any atom is -0.314 e. The molecule has 15 heavy (non-hydrogen) atoms. The Labute approximate surface area is 96.3 Å². The van der Waals surface area contributed by atoms with E-state index < -0.39 is 0 Å². The summed E-state index contributed by atoms with van der Waals surface area (Å²) in [7, 11) is 0. The summed E-state index contributed by atoms with van der Waals surface area (Å²) in [5.41, 5.74) is 1.46. The molecule has 0 bridgehead atoms. The molecule has 1 aliphatic rings. The second kappa shape index (κ2) is 5.10. The van der Waals surface area contributed by atoms with Gasteiger partial charge in [-0.2, -0.15) is 0 Å². The van der Waals surface area contributed by atoms with Gasteiger partial charge in [0.05, 0.1) is 0 Å². The Morgan fingerprint density at radius 1 is 1.47 bits per heavy atom. The molecule has 0 saturated carbocycles. The van der Waals surface area contributed by atoms with E-state index in [1.165, 1.54) is 25.1 Å². The summed E-state index contributed by atoms with van der Waals surface area (Å²) in [5, 5.41) is 5.63. The first-order chi connectivity index (χ1) is 7.33. The summed E-state index contributed by atoms with van der Waals surface area (Å²) in [6.45, 7) is 9.19. The fraction of sp³-hybridized carbons (Fsp3) is 0.667. The first-order valence-electron chi connectivity index (χ1n) is 5.81. The normalized spacial score (nSPS) is 20.4. The Kier molecular flexibility index (Phi) is 3.78. The Morgan fingerprint density at radius 3 is 2.73 bits per heavy atom. The number of aryl methyl sites for hydroxylation is 1. The van der Waals surface area contributed by atoms with Crippen LogP contribution in [0.3, 0.4) is 0 Å². The molecule has 2 nitrogen and oxygen atoms in total. The molecule has 0 aromatic carbocycles.